The highest BCUT2D eigenvalue weighted by Gasteiger charge is 2.14. The van der Waals surface area contributed by atoms with Crippen molar-refractivity contribution in [3.05, 3.63) is 23.8 Å². The summed E-state index contributed by atoms with van der Waals surface area (Å²) in [6, 6.07) is 6.14. The summed E-state index contributed by atoms with van der Waals surface area (Å²) in [7, 11) is 5.27. The summed E-state index contributed by atoms with van der Waals surface area (Å²) in [5.41, 5.74) is 1.14. The molecule has 1 rings (SSSR count). The Hall–Kier alpha value is -0.870. The first-order valence-corrected chi connectivity index (χ1v) is 5.90. The second kappa shape index (κ2) is 6.66. The van der Waals surface area contributed by atoms with E-state index < -0.39 is 0 Å². The molecule has 1 atom stereocenters. The number of nitrogens with one attached hydrogen (secondary N) is 1. The number of hydrogen-bond acceptors (Lipinski definition) is 4. The normalized spacial score (nSPS) is 12.2. The van der Waals surface area contributed by atoms with Gasteiger partial charge in [0, 0.05) is 17.7 Å². The molecule has 3 nitrogen and oxygen atoms in total. The zero-order valence-corrected chi connectivity index (χ0v) is 10.9. The Labute approximate surface area is 103 Å². The number of hydrogen-bond donors (Lipinski definition) is 2. The molecule has 0 heterocycles. The molecule has 1 unspecified atom stereocenters. The Bertz CT molecular complexity index is 331. The van der Waals surface area contributed by atoms with Gasteiger partial charge in [0.05, 0.1) is 14.2 Å². The van der Waals surface area contributed by atoms with E-state index in [0.29, 0.717) is 0 Å². The van der Waals surface area contributed by atoms with Crippen molar-refractivity contribution in [2.24, 2.45) is 0 Å². The highest BCUT2D eigenvalue weighted by atomic mass is 32.1. The van der Waals surface area contributed by atoms with Gasteiger partial charge in [-0.05, 0) is 25.3 Å². The van der Waals surface area contributed by atoms with E-state index in [1.807, 2.05) is 25.2 Å². The van der Waals surface area contributed by atoms with Gasteiger partial charge in [-0.1, -0.05) is 6.07 Å². The minimum absolute atomic E-state index is 0.262. The predicted molar refractivity (Wildman–Crippen MR) is 69.8 cm³/mol. The Kier molecular flexibility index (Phi) is 5.49. The van der Waals surface area contributed by atoms with E-state index in [1.54, 1.807) is 14.2 Å². The summed E-state index contributed by atoms with van der Waals surface area (Å²) >= 11 is 4.26. The summed E-state index contributed by atoms with van der Waals surface area (Å²) in [4.78, 5) is 0. The van der Waals surface area contributed by atoms with Crippen LogP contribution in [0.2, 0.25) is 0 Å². The number of methoxy groups -OCH3 is 2. The van der Waals surface area contributed by atoms with Crippen molar-refractivity contribution >= 4 is 12.6 Å². The number of ether oxygens (including phenoxy) is 2. The van der Waals surface area contributed by atoms with Gasteiger partial charge in [-0.15, -0.1) is 0 Å². The molecule has 0 saturated carbocycles. The van der Waals surface area contributed by atoms with Gasteiger partial charge in [-0.25, -0.2) is 0 Å². The van der Waals surface area contributed by atoms with Crippen LogP contribution in [0.4, 0.5) is 0 Å². The van der Waals surface area contributed by atoms with Crippen LogP contribution in [0.15, 0.2) is 18.2 Å². The maximum absolute atomic E-state index is 5.37. The monoisotopic (exact) mass is 241 g/mol. The molecule has 1 N–H and O–H groups in total. The second-order valence-electron chi connectivity index (χ2n) is 3.46. The van der Waals surface area contributed by atoms with Gasteiger partial charge in [0.25, 0.3) is 0 Å². The molecule has 1 aromatic carbocycles. The smallest absolute Gasteiger partial charge is 0.127 e. The third-order valence-corrected chi connectivity index (χ3v) is 2.84. The molecular weight excluding hydrogens is 222 g/mol. The zero-order valence-electron chi connectivity index (χ0n) is 9.99. The third kappa shape index (κ3) is 3.06. The lowest BCUT2D eigenvalue weighted by molar-refractivity contribution is 0.385. The quantitative estimate of drug-likeness (QED) is 0.749. The van der Waals surface area contributed by atoms with Gasteiger partial charge >= 0.3 is 0 Å². The van der Waals surface area contributed by atoms with E-state index in [2.05, 4.69) is 17.9 Å². The second-order valence-corrected chi connectivity index (χ2v) is 3.91. The molecule has 4 heteroatoms. The largest absolute Gasteiger partial charge is 0.497 e. The SMILES string of the molecule is CNC(CCS)c1ccc(OC)cc1OC. The van der Waals surface area contributed by atoms with Crippen molar-refractivity contribution in [3.63, 3.8) is 0 Å². The number of rotatable bonds is 6. The highest BCUT2D eigenvalue weighted by molar-refractivity contribution is 7.80. The Morgan fingerprint density at radius 3 is 2.56 bits per heavy atom. The van der Waals surface area contributed by atoms with E-state index in [1.165, 1.54) is 0 Å². The summed E-state index contributed by atoms with van der Waals surface area (Å²) in [6.45, 7) is 0. The molecule has 0 spiro atoms. The average molecular weight is 241 g/mol. The van der Waals surface area contributed by atoms with E-state index in [0.717, 1.165) is 29.2 Å². The van der Waals surface area contributed by atoms with Gasteiger partial charge in [0.1, 0.15) is 11.5 Å². The molecule has 0 aliphatic rings. The van der Waals surface area contributed by atoms with Crippen molar-refractivity contribution < 1.29 is 9.47 Å². The minimum atomic E-state index is 0.262. The molecular formula is C12H19NO2S. The Morgan fingerprint density at radius 1 is 1.31 bits per heavy atom. The van der Waals surface area contributed by atoms with Crippen LogP contribution in [0.3, 0.4) is 0 Å². The van der Waals surface area contributed by atoms with Gasteiger partial charge in [-0.2, -0.15) is 12.6 Å². The van der Waals surface area contributed by atoms with Crippen molar-refractivity contribution in [1.29, 1.82) is 0 Å². The average Bonchev–Trinajstić information content (AvgIpc) is 2.35. The van der Waals surface area contributed by atoms with E-state index in [-0.39, 0.29) is 6.04 Å². The molecule has 0 aliphatic heterocycles. The van der Waals surface area contributed by atoms with Crippen LogP contribution < -0.4 is 14.8 Å². The fourth-order valence-electron chi connectivity index (χ4n) is 1.69. The van der Waals surface area contributed by atoms with Crippen molar-refractivity contribution in [2.75, 3.05) is 27.0 Å². The number of thiol groups is 1. The highest BCUT2D eigenvalue weighted by Crippen LogP contribution is 2.30. The first kappa shape index (κ1) is 13.2. The Morgan fingerprint density at radius 2 is 2.06 bits per heavy atom. The summed E-state index contributed by atoms with van der Waals surface area (Å²) < 4.78 is 10.5. The van der Waals surface area contributed by atoms with Crippen molar-refractivity contribution in [1.82, 2.24) is 5.32 Å². The summed E-state index contributed by atoms with van der Waals surface area (Å²) in [5, 5.41) is 3.26. The fourth-order valence-corrected chi connectivity index (χ4v) is 1.95. The topological polar surface area (TPSA) is 30.5 Å². The zero-order chi connectivity index (χ0) is 12.0. The molecule has 0 radical (unpaired) electrons. The van der Waals surface area contributed by atoms with Crippen molar-refractivity contribution in [3.8, 4) is 11.5 Å². The van der Waals surface area contributed by atoms with Crippen LogP contribution in [-0.4, -0.2) is 27.0 Å². The molecule has 0 fully saturated rings. The van der Waals surface area contributed by atoms with Crippen LogP contribution in [0.5, 0.6) is 11.5 Å². The molecule has 16 heavy (non-hydrogen) atoms. The van der Waals surface area contributed by atoms with Crippen LogP contribution in [0.1, 0.15) is 18.0 Å². The number of benzene rings is 1. The standard InChI is InChI=1S/C12H19NO2S/c1-13-11(6-7-16)10-5-4-9(14-2)8-12(10)15-3/h4-5,8,11,13,16H,6-7H2,1-3H3. The molecule has 0 aromatic heterocycles. The molecule has 1 aromatic rings. The van der Waals surface area contributed by atoms with Gasteiger partial charge < -0.3 is 14.8 Å². The lowest BCUT2D eigenvalue weighted by atomic mass is 10.0. The van der Waals surface area contributed by atoms with E-state index in [9.17, 15) is 0 Å². The van der Waals surface area contributed by atoms with Gasteiger partial charge in [0.15, 0.2) is 0 Å². The van der Waals surface area contributed by atoms with E-state index in [4.69, 9.17) is 9.47 Å². The molecule has 90 valence electrons. The summed E-state index contributed by atoms with van der Waals surface area (Å²) in [6.07, 6.45) is 0.961. The van der Waals surface area contributed by atoms with Crippen LogP contribution in [0.25, 0.3) is 0 Å². The lowest BCUT2D eigenvalue weighted by Gasteiger charge is -2.19. The van der Waals surface area contributed by atoms with E-state index >= 15 is 0 Å². The predicted octanol–water partition coefficient (Wildman–Crippen LogP) is 2.28. The summed E-state index contributed by atoms with van der Waals surface area (Å²) in [5.74, 6) is 2.49. The van der Waals surface area contributed by atoms with Gasteiger partial charge in [-0.3, -0.25) is 0 Å². The fraction of sp³-hybridized carbons (Fsp3) is 0.500. The molecule has 0 amide bonds. The first-order chi connectivity index (χ1) is 7.76. The third-order valence-electron chi connectivity index (χ3n) is 2.58. The van der Waals surface area contributed by atoms with Gasteiger partial charge in [0.2, 0.25) is 0 Å². The van der Waals surface area contributed by atoms with Crippen LogP contribution in [-0.2, 0) is 0 Å². The first-order valence-electron chi connectivity index (χ1n) is 5.26. The van der Waals surface area contributed by atoms with Crippen molar-refractivity contribution in [2.45, 2.75) is 12.5 Å². The molecule has 0 saturated heterocycles. The molecule has 0 bridgehead atoms. The van der Waals surface area contributed by atoms with Crippen LogP contribution in [0, 0.1) is 0 Å². The maximum atomic E-state index is 5.37. The lowest BCUT2D eigenvalue weighted by Crippen LogP contribution is -2.17. The Balaban J connectivity index is 3.01. The maximum Gasteiger partial charge on any atom is 0.127 e. The minimum Gasteiger partial charge on any atom is -0.497 e. The molecule has 0 aliphatic carbocycles. The van der Waals surface area contributed by atoms with Crippen LogP contribution >= 0.6 is 12.6 Å².